The normalized spacial score (nSPS) is 19.0. The van der Waals surface area contributed by atoms with Gasteiger partial charge >= 0.3 is 13.2 Å². The van der Waals surface area contributed by atoms with Gasteiger partial charge in [-0.3, -0.25) is 4.79 Å². The lowest BCUT2D eigenvalue weighted by molar-refractivity contribution is -0.118. The van der Waals surface area contributed by atoms with E-state index in [4.69, 9.17) is 14.0 Å². The van der Waals surface area contributed by atoms with E-state index in [0.29, 0.717) is 12.8 Å². The number of amides is 1. The fraction of sp³-hybridized carbons (Fsp3) is 0.353. The van der Waals surface area contributed by atoms with Crippen LogP contribution in [0.5, 0.6) is 0 Å². The Labute approximate surface area is 242 Å². The Morgan fingerprint density at radius 1 is 0.927 bits per heavy atom. The number of hydrogen-bond acceptors (Lipinski definition) is 5. The molecule has 3 aromatic rings. The summed E-state index contributed by atoms with van der Waals surface area (Å²) in [6, 6.07) is 22.7. The predicted molar refractivity (Wildman–Crippen MR) is 161 cm³/mol. The average molecular weight is 549 g/mol. The Morgan fingerprint density at radius 3 is 2.22 bits per heavy atom. The Balaban J connectivity index is 1.18. The van der Waals surface area contributed by atoms with Gasteiger partial charge in [-0.25, -0.2) is 4.79 Å². The quantitative estimate of drug-likeness (QED) is 0.366. The zero-order chi connectivity index (χ0) is 28.8. The molecule has 7 heteroatoms. The van der Waals surface area contributed by atoms with Crippen LogP contribution in [0.4, 0.5) is 4.79 Å². The first-order valence-electron chi connectivity index (χ1n) is 14.4. The molecule has 3 aromatic carbocycles. The van der Waals surface area contributed by atoms with E-state index in [-0.39, 0.29) is 24.9 Å². The maximum Gasteiger partial charge on any atom is 0.492 e. The highest BCUT2D eigenvalue weighted by atomic mass is 16.7. The Morgan fingerprint density at radius 2 is 1.56 bits per heavy atom. The van der Waals surface area contributed by atoms with Crippen molar-refractivity contribution in [2.24, 2.45) is 0 Å². The number of ketones is 1. The molecule has 1 aliphatic heterocycles. The third-order valence-corrected chi connectivity index (χ3v) is 8.98. The van der Waals surface area contributed by atoms with Gasteiger partial charge in [0, 0.05) is 25.3 Å². The van der Waals surface area contributed by atoms with Crippen LogP contribution in [0, 0.1) is 0 Å². The van der Waals surface area contributed by atoms with Crippen molar-refractivity contribution in [1.82, 2.24) is 5.32 Å². The molecule has 2 aliphatic carbocycles. The van der Waals surface area contributed by atoms with Crippen LogP contribution < -0.4 is 5.32 Å². The van der Waals surface area contributed by atoms with Gasteiger partial charge in [0.05, 0.1) is 11.2 Å². The molecule has 6 rings (SSSR count). The van der Waals surface area contributed by atoms with Gasteiger partial charge in [-0.15, -0.1) is 0 Å². The number of Topliss-reactive ketones (excluding diaryl/α,β-unsaturated/α-hetero) is 1. The lowest BCUT2D eigenvalue weighted by Crippen LogP contribution is -2.41. The molecule has 1 amide bonds. The number of carbonyl (C=O) groups is 2. The van der Waals surface area contributed by atoms with E-state index in [1.54, 1.807) is 0 Å². The van der Waals surface area contributed by atoms with Crippen molar-refractivity contribution in [1.29, 1.82) is 0 Å². The van der Waals surface area contributed by atoms with Gasteiger partial charge in [0.1, 0.15) is 12.4 Å². The highest BCUT2D eigenvalue weighted by Gasteiger charge is 2.52. The van der Waals surface area contributed by atoms with Gasteiger partial charge in [0.2, 0.25) is 0 Å². The largest absolute Gasteiger partial charge is 0.492 e. The number of fused-ring (bicyclic) bond motifs is 4. The lowest BCUT2D eigenvalue weighted by atomic mass is 9.76. The number of rotatable bonds is 6. The third kappa shape index (κ3) is 5.36. The van der Waals surface area contributed by atoms with Crippen molar-refractivity contribution in [2.75, 3.05) is 13.2 Å². The molecule has 1 fully saturated rings. The SMILES string of the molecule is CC1(C)OB(C(=Cc2ccc3c(c2)CCC(=O)C3)CNC(=O)OCC2c3ccccc3-c3ccccc32)OC1(C)C. The molecule has 1 N–H and O–H groups in total. The zero-order valence-corrected chi connectivity index (χ0v) is 24.2. The van der Waals surface area contributed by atoms with Crippen LogP contribution in [0.25, 0.3) is 17.2 Å². The number of alkyl carbamates (subject to hydrolysis) is 1. The molecule has 1 saturated heterocycles. The van der Waals surface area contributed by atoms with Crippen LogP contribution >= 0.6 is 0 Å². The molecule has 0 spiro atoms. The van der Waals surface area contributed by atoms with Gasteiger partial charge in [0.25, 0.3) is 0 Å². The number of hydrogen-bond donors (Lipinski definition) is 1. The molecule has 0 bridgehead atoms. The second kappa shape index (κ2) is 10.6. The summed E-state index contributed by atoms with van der Waals surface area (Å²) in [5.41, 5.74) is 7.76. The topological polar surface area (TPSA) is 73.9 Å². The molecule has 0 aromatic heterocycles. The van der Waals surface area contributed by atoms with Crippen molar-refractivity contribution in [3.05, 3.63) is 100 Å². The summed E-state index contributed by atoms with van der Waals surface area (Å²) in [5.74, 6) is 0.277. The molecule has 210 valence electrons. The van der Waals surface area contributed by atoms with Crippen LogP contribution in [-0.4, -0.2) is 43.3 Å². The number of ether oxygens (including phenoxy) is 1. The monoisotopic (exact) mass is 549 g/mol. The highest BCUT2D eigenvalue weighted by molar-refractivity contribution is 6.56. The van der Waals surface area contributed by atoms with Gasteiger partial charge < -0.3 is 19.4 Å². The maximum absolute atomic E-state index is 13.0. The van der Waals surface area contributed by atoms with Crippen molar-refractivity contribution in [3.8, 4) is 11.1 Å². The van der Waals surface area contributed by atoms with Crippen LogP contribution in [0.15, 0.2) is 72.2 Å². The molecule has 0 saturated carbocycles. The number of benzene rings is 3. The van der Waals surface area contributed by atoms with Crippen LogP contribution in [-0.2, 0) is 31.7 Å². The molecule has 3 aliphatic rings. The first-order valence-corrected chi connectivity index (χ1v) is 14.4. The Bertz CT molecular complexity index is 1480. The molecule has 0 unspecified atom stereocenters. The third-order valence-electron chi connectivity index (χ3n) is 8.98. The highest BCUT2D eigenvalue weighted by Crippen LogP contribution is 2.44. The zero-order valence-electron chi connectivity index (χ0n) is 24.2. The minimum absolute atomic E-state index is 0.00589. The van der Waals surface area contributed by atoms with Crippen molar-refractivity contribution in [3.63, 3.8) is 0 Å². The minimum atomic E-state index is -0.619. The van der Waals surface area contributed by atoms with Gasteiger partial charge in [-0.2, -0.15) is 0 Å². The molecule has 0 atom stereocenters. The fourth-order valence-corrected chi connectivity index (χ4v) is 5.95. The van der Waals surface area contributed by atoms with Crippen molar-refractivity contribution < 1.29 is 23.6 Å². The van der Waals surface area contributed by atoms with Gasteiger partial charge in [-0.05, 0) is 78.5 Å². The van der Waals surface area contributed by atoms with E-state index in [1.807, 2.05) is 70.2 Å². The second-order valence-corrected chi connectivity index (χ2v) is 12.2. The van der Waals surface area contributed by atoms with Gasteiger partial charge in [-0.1, -0.05) is 72.8 Å². The minimum Gasteiger partial charge on any atom is -0.449 e. The lowest BCUT2D eigenvalue weighted by Gasteiger charge is -2.32. The van der Waals surface area contributed by atoms with Crippen molar-refractivity contribution >= 4 is 25.1 Å². The summed E-state index contributed by atoms with van der Waals surface area (Å²) >= 11 is 0. The average Bonchev–Trinajstić information content (AvgIpc) is 3.38. The van der Waals surface area contributed by atoms with Crippen LogP contribution in [0.1, 0.15) is 67.9 Å². The molecular weight excluding hydrogens is 513 g/mol. The molecule has 1 heterocycles. The summed E-state index contributed by atoms with van der Waals surface area (Å²) < 4.78 is 18.5. The summed E-state index contributed by atoms with van der Waals surface area (Å²) in [4.78, 5) is 24.9. The van der Waals surface area contributed by atoms with E-state index in [0.717, 1.165) is 23.0 Å². The number of nitrogens with one attached hydrogen (secondary N) is 1. The maximum atomic E-state index is 13.0. The first kappa shape index (κ1) is 27.5. The van der Waals surface area contributed by atoms with E-state index in [2.05, 4.69) is 35.6 Å². The molecular formula is C34H36BNO5. The van der Waals surface area contributed by atoms with E-state index < -0.39 is 24.4 Å². The van der Waals surface area contributed by atoms with Crippen LogP contribution in [0.3, 0.4) is 0 Å². The second-order valence-electron chi connectivity index (χ2n) is 12.2. The summed E-state index contributed by atoms with van der Waals surface area (Å²) in [5, 5.41) is 2.94. The summed E-state index contributed by atoms with van der Waals surface area (Å²) in [6.07, 6.45) is 3.35. The summed E-state index contributed by atoms with van der Waals surface area (Å²) in [7, 11) is -0.619. The van der Waals surface area contributed by atoms with Gasteiger partial charge in [0.15, 0.2) is 0 Å². The smallest absolute Gasteiger partial charge is 0.449 e. The molecule has 41 heavy (non-hydrogen) atoms. The number of carbonyl (C=O) groups excluding carboxylic acids is 2. The van der Waals surface area contributed by atoms with Crippen LogP contribution in [0.2, 0.25) is 0 Å². The standard InChI is InChI=1S/C34H36BNO5/c1-33(2)34(3,4)41-35(40-33)25(18-22-13-14-24-19-26(37)16-15-23(24)17-22)20-36-32(38)39-21-31-29-11-7-5-9-27(29)28-10-6-8-12-30(28)31/h5-14,17-18,31H,15-16,19-21H2,1-4H3,(H,36,38). The Hall–Kier alpha value is -3.68. The van der Waals surface area contributed by atoms with E-state index in [1.165, 1.54) is 27.8 Å². The molecule has 6 nitrogen and oxygen atoms in total. The summed E-state index contributed by atoms with van der Waals surface area (Å²) in [6.45, 7) is 8.51. The fourth-order valence-electron chi connectivity index (χ4n) is 5.95. The first-order chi connectivity index (χ1) is 19.6. The Kier molecular flexibility index (Phi) is 7.12. The molecule has 0 radical (unpaired) electrons. The van der Waals surface area contributed by atoms with E-state index in [9.17, 15) is 9.59 Å². The predicted octanol–water partition coefficient (Wildman–Crippen LogP) is 6.30. The van der Waals surface area contributed by atoms with E-state index >= 15 is 0 Å². The number of aryl methyl sites for hydroxylation is 1. The van der Waals surface area contributed by atoms with Crippen molar-refractivity contribution in [2.45, 2.75) is 64.1 Å².